The zero-order valence-electron chi connectivity index (χ0n) is 17.7. The Bertz CT molecular complexity index is 860. The molecule has 6 nitrogen and oxygen atoms in total. The minimum Gasteiger partial charge on any atom is -0.484 e. The van der Waals surface area contributed by atoms with Crippen molar-refractivity contribution in [3.05, 3.63) is 58.9 Å². The van der Waals surface area contributed by atoms with Crippen LogP contribution in [0, 0.1) is 0 Å². The van der Waals surface area contributed by atoms with Crippen LogP contribution in [0.15, 0.2) is 42.6 Å². The first kappa shape index (κ1) is 22.1. The lowest BCUT2D eigenvalue weighted by Crippen LogP contribution is -2.49. The maximum absolute atomic E-state index is 12.6. The fourth-order valence-corrected chi connectivity index (χ4v) is 4.00. The molecule has 2 aromatic rings. The molecular weight excluding hydrogens is 402 g/mol. The van der Waals surface area contributed by atoms with Crippen LogP contribution >= 0.6 is 11.6 Å². The molecule has 30 heavy (non-hydrogen) atoms. The summed E-state index contributed by atoms with van der Waals surface area (Å²) < 4.78 is 5.68. The average molecular weight is 430 g/mol. The number of halogens is 1. The zero-order chi connectivity index (χ0) is 21.7. The van der Waals surface area contributed by atoms with Crippen molar-refractivity contribution in [2.75, 3.05) is 13.7 Å². The fourth-order valence-electron chi connectivity index (χ4n) is 3.89. The largest absolute Gasteiger partial charge is 0.484 e. The number of pyridine rings is 1. The normalized spacial score (nSPS) is 18.7. The first-order valence-corrected chi connectivity index (χ1v) is 10.6. The molecule has 2 unspecified atom stereocenters. The summed E-state index contributed by atoms with van der Waals surface area (Å²) in [5.41, 5.74) is 1.45. The van der Waals surface area contributed by atoms with Gasteiger partial charge in [0.15, 0.2) is 6.61 Å². The highest BCUT2D eigenvalue weighted by Crippen LogP contribution is 2.23. The highest BCUT2D eigenvalue weighted by atomic mass is 35.5. The predicted octanol–water partition coefficient (Wildman–Crippen LogP) is 4.18. The Kier molecular flexibility index (Phi) is 7.32. The number of carbonyl (C=O) groups is 2. The summed E-state index contributed by atoms with van der Waals surface area (Å²) in [6.07, 6.45) is 4.88. The smallest absolute Gasteiger partial charge is 0.260 e. The number of likely N-dealkylation sites (tertiary alicyclic amines) is 1. The van der Waals surface area contributed by atoms with Crippen molar-refractivity contribution in [2.24, 2.45) is 0 Å². The van der Waals surface area contributed by atoms with Crippen LogP contribution in [0.5, 0.6) is 5.75 Å². The molecule has 7 heteroatoms. The summed E-state index contributed by atoms with van der Waals surface area (Å²) in [4.78, 5) is 32.8. The van der Waals surface area contributed by atoms with Gasteiger partial charge in [-0.2, -0.15) is 0 Å². The molecule has 1 saturated heterocycles. The van der Waals surface area contributed by atoms with E-state index in [-0.39, 0.29) is 30.5 Å². The Hall–Kier alpha value is -2.60. The summed E-state index contributed by atoms with van der Waals surface area (Å²) in [5.74, 6) is 0.469. The van der Waals surface area contributed by atoms with Gasteiger partial charge in [-0.05, 0) is 69.0 Å². The van der Waals surface area contributed by atoms with Crippen molar-refractivity contribution in [3.8, 4) is 5.75 Å². The molecular formula is C23H28ClN3O3. The second-order valence-corrected chi connectivity index (χ2v) is 8.28. The minimum absolute atomic E-state index is 0.00540. The van der Waals surface area contributed by atoms with Gasteiger partial charge in [0, 0.05) is 37.4 Å². The molecule has 3 rings (SSSR count). The number of nitrogens with zero attached hydrogens (tertiary/aromatic N) is 3. The monoisotopic (exact) mass is 429 g/mol. The quantitative estimate of drug-likeness (QED) is 0.646. The lowest BCUT2D eigenvalue weighted by molar-refractivity contribution is -0.139. The van der Waals surface area contributed by atoms with E-state index in [0.29, 0.717) is 23.0 Å². The SMILES string of the molecule is CC1CCCC(C)N1C(=O)COc1ccc(C(=O)N(C)Cc2ccc(Cl)nc2)cc1. The maximum Gasteiger partial charge on any atom is 0.260 e. The lowest BCUT2D eigenvalue weighted by Gasteiger charge is -2.38. The minimum atomic E-state index is -0.108. The standard InChI is InChI=1S/C23H28ClN3O3/c1-16-5-4-6-17(2)27(16)22(28)15-30-20-10-8-19(9-11-20)23(29)26(3)14-18-7-12-21(24)25-13-18/h7-13,16-17H,4-6,14-15H2,1-3H3. The number of hydrogen-bond donors (Lipinski definition) is 0. The highest BCUT2D eigenvalue weighted by molar-refractivity contribution is 6.29. The molecule has 0 N–H and O–H groups in total. The van der Waals surface area contributed by atoms with Crippen molar-refractivity contribution in [1.82, 2.24) is 14.8 Å². The highest BCUT2D eigenvalue weighted by Gasteiger charge is 2.29. The van der Waals surface area contributed by atoms with Gasteiger partial charge in [-0.1, -0.05) is 17.7 Å². The third kappa shape index (κ3) is 5.51. The molecule has 160 valence electrons. The van der Waals surface area contributed by atoms with Crippen LogP contribution < -0.4 is 4.74 Å². The van der Waals surface area contributed by atoms with Gasteiger partial charge < -0.3 is 14.5 Å². The molecule has 1 aromatic carbocycles. The molecule has 0 aliphatic carbocycles. The average Bonchev–Trinajstić information content (AvgIpc) is 2.73. The Labute approximate surface area is 182 Å². The summed E-state index contributed by atoms with van der Waals surface area (Å²) in [7, 11) is 1.74. The van der Waals surface area contributed by atoms with Crippen LogP contribution in [-0.4, -0.2) is 52.3 Å². The van der Waals surface area contributed by atoms with Crippen molar-refractivity contribution < 1.29 is 14.3 Å². The number of hydrogen-bond acceptors (Lipinski definition) is 4. The van der Waals surface area contributed by atoms with E-state index < -0.39 is 0 Å². The Balaban J connectivity index is 1.54. The number of rotatable bonds is 6. The maximum atomic E-state index is 12.6. The zero-order valence-corrected chi connectivity index (χ0v) is 18.4. The van der Waals surface area contributed by atoms with Gasteiger partial charge in [-0.25, -0.2) is 4.98 Å². The van der Waals surface area contributed by atoms with Gasteiger partial charge in [-0.15, -0.1) is 0 Å². The van der Waals surface area contributed by atoms with Crippen LogP contribution in [0.1, 0.15) is 49.0 Å². The van der Waals surface area contributed by atoms with Gasteiger partial charge in [-0.3, -0.25) is 9.59 Å². The van der Waals surface area contributed by atoms with E-state index in [4.69, 9.17) is 16.3 Å². The third-order valence-corrected chi connectivity index (χ3v) is 5.72. The topological polar surface area (TPSA) is 62.7 Å². The Morgan fingerprint density at radius 3 is 2.40 bits per heavy atom. The van der Waals surface area contributed by atoms with Gasteiger partial charge in [0.25, 0.3) is 11.8 Å². The molecule has 1 aromatic heterocycles. The Morgan fingerprint density at radius 2 is 1.80 bits per heavy atom. The molecule has 2 amide bonds. The van der Waals surface area contributed by atoms with Gasteiger partial charge in [0.05, 0.1) is 0 Å². The molecule has 1 aliphatic rings. The molecule has 2 atom stereocenters. The lowest BCUT2D eigenvalue weighted by atomic mass is 9.97. The van der Waals surface area contributed by atoms with Gasteiger partial charge in [0.2, 0.25) is 0 Å². The number of piperidine rings is 1. The van der Waals surface area contributed by atoms with Crippen LogP contribution in [0.4, 0.5) is 0 Å². The summed E-state index contributed by atoms with van der Waals surface area (Å²) in [5, 5.41) is 0.422. The first-order chi connectivity index (χ1) is 14.3. The van der Waals surface area contributed by atoms with Crippen LogP contribution in [0.2, 0.25) is 5.15 Å². The molecule has 1 fully saturated rings. The fraction of sp³-hybridized carbons (Fsp3) is 0.435. The van der Waals surface area contributed by atoms with Gasteiger partial charge in [0.1, 0.15) is 10.9 Å². The molecule has 2 heterocycles. The van der Waals surface area contributed by atoms with Crippen LogP contribution in [-0.2, 0) is 11.3 Å². The van der Waals surface area contributed by atoms with Crippen molar-refractivity contribution in [1.29, 1.82) is 0 Å². The third-order valence-electron chi connectivity index (χ3n) is 5.50. The van der Waals surface area contributed by atoms with Crippen LogP contribution in [0.3, 0.4) is 0 Å². The van der Waals surface area contributed by atoms with Crippen molar-refractivity contribution >= 4 is 23.4 Å². The molecule has 0 bridgehead atoms. The van der Waals surface area contributed by atoms with Crippen LogP contribution in [0.25, 0.3) is 0 Å². The van der Waals surface area contributed by atoms with E-state index in [9.17, 15) is 9.59 Å². The van der Waals surface area contributed by atoms with E-state index in [1.807, 2.05) is 11.0 Å². The molecule has 1 aliphatic heterocycles. The van der Waals surface area contributed by atoms with Gasteiger partial charge >= 0.3 is 0 Å². The second-order valence-electron chi connectivity index (χ2n) is 7.89. The van der Waals surface area contributed by atoms with E-state index in [0.717, 1.165) is 24.8 Å². The van der Waals surface area contributed by atoms with E-state index in [2.05, 4.69) is 18.8 Å². The number of ether oxygens (including phenoxy) is 1. The first-order valence-electron chi connectivity index (χ1n) is 10.2. The molecule has 0 spiro atoms. The second kappa shape index (κ2) is 9.94. The summed E-state index contributed by atoms with van der Waals surface area (Å²) in [6, 6.07) is 10.9. The van der Waals surface area contributed by atoms with E-state index >= 15 is 0 Å². The molecule has 0 saturated carbocycles. The molecule has 0 radical (unpaired) electrons. The van der Waals surface area contributed by atoms with Crippen molar-refractivity contribution in [2.45, 2.75) is 51.7 Å². The van der Waals surface area contributed by atoms with E-state index in [1.54, 1.807) is 48.5 Å². The predicted molar refractivity (Wildman–Crippen MR) is 117 cm³/mol. The Morgan fingerprint density at radius 1 is 1.13 bits per heavy atom. The van der Waals surface area contributed by atoms with Crippen molar-refractivity contribution in [3.63, 3.8) is 0 Å². The number of benzene rings is 1. The van der Waals surface area contributed by atoms with E-state index in [1.165, 1.54) is 0 Å². The number of carbonyl (C=O) groups excluding carboxylic acids is 2. The summed E-state index contributed by atoms with van der Waals surface area (Å²) >= 11 is 5.80. The number of aromatic nitrogens is 1. The summed E-state index contributed by atoms with van der Waals surface area (Å²) in [6.45, 7) is 4.61. The number of amides is 2.